The third-order valence-electron chi connectivity index (χ3n) is 6.22. The normalized spacial score (nSPS) is 20.3. The fraction of sp³-hybridized carbons (Fsp3) is 0.955. The molecule has 1 aliphatic heterocycles. The van der Waals surface area contributed by atoms with E-state index in [1.54, 1.807) is 0 Å². The number of likely N-dealkylation sites (N-methyl/N-ethyl adjacent to an activating group) is 1. The van der Waals surface area contributed by atoms with Gasteiger partial charge in [-0.2, -0.15) is 0 Å². The van der Waals surface area contributed by atoms with Gasteiger partial charge in [-0.25, -0.2) is 0 Å². The SMILES string of the molecule is CCNC(=NCCCCC1CCCC1)NCCCCN1CCN(CC)CC1. The van der Waals surface area contributed by atoms with Crippen LogP contribution >= 0.6 is 0 Å². The van der Waals surface area contributed by atoms with Gasteiger partial charge in [-0.05, 0) is 45.2 Å². The fourth-order valence-corrected chi connectivity index (χ4v) is 4.37. The Kier molecular flexibility index (Phi) is 11.8. The topological polar surface area (TPSA) is 42.9 Å². The number of piperazine rings is 1. The Bertz CT molecular complexity index is 384. The van der Waals surface area contributed by atoms with E-state index in [2.05, 4.69) is 34.3 Å². The van der Waals surface area contributed by atoms with E-state index >= 15 is 0 Å². The highest BCUT2D eigenvalue weighted by atomic mass is 15.3. The van der Waals surface area contributed by atoms with Crippen LogP contribution in [0.25, 0.3) is 0 Å². The third-order valence-corrected chi connectivity index (χ3v) is 6.22. The van der Waals surface area contributed by atoms with Crippen molar-refractivity contribution in [1.82, 2.24) is 20.4 Å². The molecule has 0 unspecified atom stereocenters. The molecular formula is C22H45N5. The van der Waals surface area contributed by atoms with E-state index in [0.29, 0.717) is 0 Å². The van der Waals surface area contributed by atoms with Crippen molar-refractivity contribution in [3.8, 4) is 0 Å². The van der Waals surface area contributed by atoms with Crippen molar-refractivity contribution in [2.24, 2.45) is 10.9 Å². The first-order valence-corrected chi connectivity index (χ1v) is 11.8. The molecule has 0 aromatic rings. The summed E-state index contributed by atoms with van der Waals surface area (Å²) in [5, 5.41) is 6.91. The zero-order valence-corrected chi connectivity index (χ0v) is 18.1. The van der Waals surface area contributed by atoms with Crippen LogP contribution in [0.3, 0.4) is 0 Å². The van der Waals surface area contributed by atoms with Crippen LogP contribution in [0.5, 0.6) is 0 Å². The van der Waals surface area contributed by atoms with E-state index in [4.69, 9.17) is 4.99 Å². The number of unbranched alkanes of at least 4 members (excludes halogenated alkanes) is 2. The maximum Gasteiger partial charge on any atom is 0.191 e. The molecule has 0 amide bonds. The second-order valence-corrected chi connectivity index (χ2v) is 8.32. The van der Waals surface area contributed by atoms with E-state index in [9.17, 15) is 0 Å². The third kappa shape index (κ3) is 9.79. The smallest absolute Gasteiger partial charge is 0.191 e. The molecule has 2 N–H and O–H groups in total. The van der Waals surface area contributed by atoms with Crippen LogP contribution in [-0.4, -0.2) is 74.7 Å². The minimum Gasteiger partial charge on any atom is -0.357 e. The molecule has 2 rings (SSSR count). The summed E-state index contributed by atoms with van der Waals surface area (Å²) in [6.45, 7) is 14.8. The second kappa shape index (κ2) is 14.2. The number of hydrogen-bond acceptors (Lipinski definition) is 3. The number of aliphatic imine (C=N–C) groups is 1. The molecular weight excluding hydrogens is 334 g/mol. The maximum absolute atomic E-state index is 4.76. The minimum atomic E-state index is 0.940. The maximum atomic E-state index is 4.76. The number of nitrogens with one attached hydrogen (secondary N) is 2. The zero-order valence-electron chi connectivity index (χ0n) is 18.1. The zero-order chi connectivity index (χ0) is 19.2. The van der Waals surface area contributed by atoms with Gasteiger partial charge in [0.15, 0.2) is 5.96 Å². The molecule has 2 fully saturated rings. The Balaban J connectivity index is 1.49. The van der Waals surface area contributed by atoms with Gasteiger partial charge in [0.05, 0.1) is 0 Å². The van der Waals surface area contributed by atoms with E-state index in [1.165, 1.54) is 97.1 Å². The Labute approximate surface area is 168 Å². The molecule has 0 bridgehead atoms. The summed E-state index contributed by atoms with van der Waals surface area (Å²) >= 11 is 0. The molecule has 1 saturated carbocycles. The first-order valence-electron chi connectivity index (χ1n) is 11.8. The summed E-state index contributed by atoms with van der Waals surface area (Å²) in [5.74, 6) is 2.03. The van der Waals surface area contributed by atoms with Gasteiger partial charge in [-0.15, -0.1) is 0 Å². The lowest BCUT2D eigenvalue weighted by molar-refractivity contribution is 0.136. The predicted octanol–water partition coefficient (Wildman–Crippen LogP) is 3.32. The molecule has 27 heavy (non-hydrogen) atoms. The lowest BCUT2D eigenvalue weighted by Gasteiger charge is -2.34. The van der Waals surface area contributed by atoms with Crippen LogP contribution in [0.15, 0.2) is 4.99 Å². The molecule has 0 radical (unpaired) electrons. The Morgan fingerprint density at radius 2 is 1.63 bits per heavy atom. The highest BCUT2D eigenvalue weighted by Crippen LogP contribution is 2.28. The highest BCUT2D eigenvalue weighted by Gasteiger charge is 2.15. The molecule has 2 aliphatic rings. The molecule has 1 aliphatic carbocycles. The van der Waals surface area contributed by atoms with Gasteiger partial charge in [0, 0.05) is 45.8 Å². The van der Waals surface area contributed by atoms with Crippen LogP contribution in [0.1, 0.15) is 71.6 Å². The van der Waals surface area contributed by atoms with Crippen LogP contribution in [0, 0.1) is 5.92 Å². The minimum absolute atomic E-state index is 0.940. The van der Waals surface area contributed by atoms with Gasteiger partial charge in [0.25, 0.3) is 0 Å². The highest BCUT2D eigenvalue weighted by molar-refractivity contribution is 5.79. The first kappa shape index (κ1) is 22.5. The number of hydrogen-bond donors (Lipinski definition) is 2. The van der Waals surface area contributed by atoms with Gasteiger partial charge in [-0.3, -0.25) is 4.99 Å². The van der Waals surface area contributed by atoms with Crippen molar-refractivity contribution in [2.75, 3.05) is 58.9 Å². The van der Waals surface area contributed by atoms with Gasteiger partial charge >= 0.3 is 0 Å². The molecule has 0 aromatic heterocycles. The van der Waals surface area contributed by atoms with Crippen LogP contribution in [0.4, 0.5) is 0 Å². The quantitative estimate of drug-likeness (QED) is 0.310. The predicted molar refractivity (Wildman–Crippen MR) is 118 cm³/mol. The van der Waals surface area contributed by atoms with Gasteiger partial charge in [0.1, 0.15) is 0 Å². The van der Waals surface area contributed by atoms with Crippen molar-refractivity contribution in [1.29, 1.82) is 0 Å². The molecule has 0 aromatic carbocycles. The summed E-state index contributed by atoms with van der Waals surface area (Å²) in [6.07, 6.45) is 12.4. The average Bonchev–Trinajstić information content (AvgIpc) is 3.21. The molecule has 5 nitrogen and oxygen atoms in total. The van der Waals surface area contributed by atoms with Gasteiger partial charge in [0.2, 0.25) is 0 Å². The Morgan fingerprint density at radius 3 is 2.33 bits per heavy atom. The molecule has 1 heterocycles. The number of rotatable bonds is 12. The van der Waals surface area contributed by atoms with Gasteiger partial charge in [-0.1, -0.05) is 45.4 Å². The van der Waals surface area contributed by atoms with Crippen LogP contribution < -0.4 is 10.6 Å². The number of nitrogens with zero attached hydrogens (tertiary/aromatic N) is 3. The summed E-state index contributed by atoms with van der Waals surface area (Å²) < 4.78 is 0. The van der Waals surface area contributed by atoms with Crippen LogP contribution in [-0.2, 0) is 0 Å². The van der Waals surface area contributed by atoms with Crippen molar-refractivity contribution < 1.29 is 0 Å². The van der Waals surface area contributed by atoms with E-state index in [-0.39, 0.29) is 0 Å². The summed E-state index contributed by atoms with van der Waals surface area (Å²) in [6, 6.07) is 0. The van der Waals surface area contributed by atoms with Crippen molar-refractivity contribution in [3.05, 3.63) is 0 Å². The van der Waals surface area contributed by atoms with Gasteiger partial charge < -0.3 is 20.4 Å². The van der Waals surface area contributed by atoms with E-state index in [0.717, 1.165) is 31.5 Å². The molecule has 5 heteroatoms. The summed E-state index contributed by atoms with van der Waals surface area (Å²) in [7, 11) is 0. The Morgan fingerprint density at radius 1 is 0.889 bits per heavy atom. The molecule has 1 saturated heterocycles. The summed E-state index contributed by atoms with van der Waals surface area (Å²) in [5.41, 5.74) is 0. The molecule has 0 spiro atoms. The van der Waals surface area contributed by atoms with Crippen molar-refractivity contribution >= 4 is 5.96 Å². The van der Waals surface area contributed by atoms with E-state index in [1.807, 2.05) is 0 Å². The average molecular weight is 380 g/mol. The fourth-order valence-electron chi connectivity index (χ4n) is 4.37. The second-order valence-electron chi connectivity index (χ2n) is 8.32. The van der Waals surface area contributed by atoms with Crippen LogP contribution in [0.2, 0.25) is 0 Å². The lowest BCUT2D eigenvalue weighted by Crippen LogP contribution is -2.46. The standard InChI is InChI=1S/C22H45N5/c1-3-23-22(24-14-8-7-13-21-11-5-6-12-21)25-15-9-10-16-27-19-17-26(4-2)18-20-27/h21H,3-20H2,1-2H3,(H2,23,24,25). The first-order chi connectivity index (χ1) is 13.3. The number of guanidine groups is 1. The largest absolute Gasteiger partial charge is 0.357 e. The van der Waals surface area contributed by atoms with Crippen molar-refractivity contribution in [3.63, 3.8) is 0 Å². The monoisotopic (exact) mass is 379 g/mol. The molecule has 0 atom stereocenters. The molecule has 158 valence electrons. The van der Waals surface area contributed by atoms with E-state index < -0.39 is 0 Å². The summed E-state index contributed by atoms with van der Waals surface area (Å²) in [4.78, 5) is 9.93. The van der Waals surface area contributed by atoms with Crippen molar-refractivity contribution in [2.45, 2.75) is 71.6 Å². The Hall–Kier alpha value is -0.810. The lowest BCUT2D eigenvalue weighted by atomic mass is 10.0.